The molecule has 0 radical (unpaired) electrons. The summed E-state index contributed by atoms with van der Waals surface area (Å²) in [5, 5.41) is 0. The largest absolute Gasteiger partial charge is 0.373 e. The van der Waals surface area contributed by atoms with Crippen molar-refractivity contribution in [1.82, 2.24) is 0 Å². The lowest BCUT2D eigenvalue weighted by molar-refractivity contribution is -0.633. The van der Waals surface area contributed by atoms with Crippen LogP contribution in [0.1, 0.15) is 154 Å². The van der Waals surface area contributed by atoms with Crippen molar-refractivity contribution >= 4 is 0 Å². The molecule has 0 aliphatic carbocycles. The summed E-state index contributed by atoms with van der Waals surface area (Å²) in [4.78, 5) is 35.0. The van der Waals surface area contributed by atoms with Gasteiger partial charge < -0.3 is 14.2 Å². The fourth-order valence-corrected chi connectivity index (χ4v) is 7.60. The quantitative estimate of drug-likeness (QED) is 0.0459. The number of unbranched alkanes of at least 4 members (excludes halogenated alkanes) is 15. The zero-order valence-corrected chi connectivity index (χ0v) is 27.9. The van der Waals surface area contributed by atoms with Gasteiger partial charge in [-0.1, -0.05) is 116 Å². The average Bonchev–Trinajstić information content (AvgIpc) is 3.84. The van der Waals surface area contributed by atoms with E-state index in [4.69, 9.17) is 43.5 Å². The second-order valence-corrected chi connectivity index (χ2v) is 14.8. The van der Waals surface area contributed by atoms with E-state index in [1.54, 1.807) is 0 Å². The lowest BCUT2D eigenvalue weighted by Gasteiger charge is -2.60. The molecular formula is C36H62O9. The monoisotopic (exact) mass is 638 g/mol. The molecule has 0 spiro atoms. The molecule has 9 nitrogen and oxygen atoms in total. The Hall–Kier alpha value is -0.360. The molecule has 6 fully saturated rings. The van der Waals surface area contributed by atoms with Gasteiger partial charge in [-0.25, -0.2) is 29.3 Å². The second-order valence-electron chi connectivity index (χ2n) is 14.8. The van der Waals surface area contributed by atoms with Gasteiger partial charge in [-0.3, -0.25) is 0 Å². The number of hydrogen-bond acceptors (Lipinski definition) is 9. The first-order chi connectivity index (χ1) is 22.3. The van der Waals surface area contributed by atoms with Crippen molar-refractivity contribution in [2.75, 3.05) is 19.8 Å². The maximum absolute atomic E-state index is 6.09. The van der Waals surface area contributed by atoms with Gasteiger partial charge in [0.1, 0.15) is 18.3 Å². The van der Waals surface area contributed by atoms with E-state index in [-0.39, 0.29) is 30.5 Å². The van der Waals surface area contributed by atoms with Gasteiger partial charge >= 0.3 is 0 Å². The van der Waals surface area contributed by atoms with Gasteiger partial charge in [0.05, 0.1) is 38.1 Å². The summed E-state index contributed by atoms with van der Waals surface area (Å²) in [6.45, 7) is 2.94. The highest BCUT2D eigenvalue weighted by Gasteiger charge is 2.72. The molecule has 6 saturated heterocycles. The number of rotatable bonds is 29. The number of hydrogen-bond donors (Lipinski definition) is 0. The Morgan fingerprint density at radius 1 is 0.356 bits per heavy atom. The summed E-state index contributed by atoms with van der Waals surface area (Å²) in [7, 11) is 0. The van der Waals surface area contributed by atoms with Crippen molar-refractivity contribution in [3.8, 4) is 0 Å². The van der Waals surface area contributed by atoms with Crippen molar-refractivity contribution in [3.63, 3.8) is 0 Å². The van der Waals surface area contributed by atoms with Gasteiger partial charge in [-0.15, -0.1) is 0 Å². The molecule has 9 heteroatoms. The Morgan fingerprint density at radius 2 is 0.689 bits per heavy atom. The third kappa shape index (κ3) is 10.8. The highest BCUT2D eigenvalue weighted by atomic mass is 17.3. The highest BCUT2D eigenvalue weighted by molar-refractivity contribution is 5.11. The minimum absolute atomic E-state index is 0.0183. The first-order valence-electron chi connectivity index (χ1n) is 19.2. The molecule has 6 aliphatic heterocycles. The Balaban J connectivity index is 0.906. The van der Waals surface area contributed by atoms with Crippen LogP contribution in [0.3, 0.4) is 0 Å². The predicted molar refractivity (Wildman–Crippen MR) is 168 cm³/mol. The van der Waals surface area contributed by atoms with Crippen molar-refractivity contribution in [3.05, 3.63) is 0 Å². The normalized spacial score (nSPS) is 36.3. The van der Waals surface area contributed by atoms with E-state index in [0.717, 1.165) is 58.3 Å². The van der Waals surface area contributed by atoms with Gasteiger partial charge in [-0.2, -0.15) is 0 Å². The number of epoxide rings is 3. The third-order valence-corrected chi connectivity index (χ3v) is 10.9. The Labute approximate surface area is 271 Å². The Bertz CT molecular complexity index is 772. The van der Waals surface area contributed by atoms with E-state index >= 15 is 0 Å². The van der Waals surface area contributed by atoms with Crippen LogP contribution >= 0.6 is 0 Å². The summed E-state index contributed by atoms with van der Waals surface area (Å²) in [5.41, 5.74) is -0.647. The van der Waals surface area contributed by atoms with Crippen molar-refractivity contribution < 1.29 is 43.5 Å². The van der Waals surface area contributed by atoms with Crippen LogP contribution in [0.4, 0.5) is 0 Å². The van der Waals surface area contributed by atoms with Gasteiger partial charge in [-0.05, 0) is 38.5 Å². The summed E-state index contributed by atoms with van der Waals surface area (Å²) >= 11 is 0. The van der Waals surface area contributed by atoms with Crippen LogP contribution in [0.5, 0.6) is 0 Å². The molecule has 6 heterocycles. The summed E-state index contributed by atoms with van der Waals surface area (Å²) in [6.07, 6.45) is 30.6. The molecule has 45 heavy (non-hydrogen) atoms. The van der Waals surface area contributed by atoms with Crippen LogP contribution in [0, 0.1) is 0 Å². The highest BCUT2D eigenvalue weighted by Crippen LogP contribution is 2.51. The zero-order chi connectivity index (χ0) is 30.6. The van der Waals surface area contributed by atoms with E-state index < -0.39 is 5.60 Å². The fraction of sp³-hybridized carbons (Fsp3) is 1.00. The first-order valence-corrected chi connectivity index (χ1v) is 19.2. The summed E-state index contributed by atoms with van der Waals surface area (Å²) in [6, 6.07) is 0. The minimum atomic E-state index is -0.647. The van der Waals surface area contributed by atoms with E-state index in [2.05, 4.69) is 0 Å². The molecule has 6 aliphatic rings. The molecule has 260 valence electrons. The molecule has 0 aromatic carbocycles. The molecular weight excluding hydrogens is 576 g/mol. The smallest absolute Gasteiger partial charge is 0.196 e. The molecule has 0 N–H and O–H groups in total. The lowest BCUT2D eigenvalue weighted by atomic mass is 9.74. The third-order valence-electron chi connectivity index (χ3n) is 10.9. The Morgan fingerprint density at radius 3 is 0.978 bits per heavy atom. The van der Waals surface area contributed by atoms with Crippen molar-refractivity contribution in [2.45, 2.75) is 209 Å². The maximum atomic E-state index is 6.09. The van der Waals surface area contributed by atoms with Gasteiger partial charge in [0.25, 0.3) is 0 Å². The molecule has 0 bridgehead atoms. The number of ether oxygens (including phenoxy) is 3. The average molecular weight is 639 g/mol. The molecule has 0 amide bonds. The predicted octanol–water partition coefficient (Wildman–Crippen LogP) is 8.01. The van der Waals surface area contributed by atoms with Gasteiger partial charge in [0.2, 0.25) is 0 Å². The van der Waals surface area contributed by atoms with E-state index in [9.17, 15) is 0 Å². The summed E-state index contributed by atoms with van der Waals surface area (Å²) < 4.78 is 16.0. The van der Waals surface area contributed by atoms with Crippen LogP contribution in [-0.4, -0.2) is 74.3 Å². The topological polar surface area (TPSA) is 93.0 Å². The zero-order valence-electron chi connectivity index (χ0n) is 27.9. The van der Waals surface area contributed by atoms with Crippen LogP contribution in [0.25, 0.3) is 0 Å². The molecule has 0 aromatic rings. The van der Waals surface area contributed by atoms with Crippen LogP contribution < -0.4 is 0 Å². The minimum Gasteiger partial charge on any atom is -0.373 e. The van der Waals surface area contributed by atoms with Gasteiger partial charge in [0.15, 0.2) is 17.8 Å². The van der Waals surface area contributed by atoms with Crippen LogP contribution in [0.15, 0.2) is 0 Å². The fourth-order valence-electron chi connectivity index (χ4n) is 7.60. The standard InChI is InChI=1S/C36H62O9/c1(7-13-19-28-25-37-28)4-10-16-22-31-34(43-40-31)36(33(42-45-36)24-18-12-6-3-9-15-21-30-27-39-30)35-32(41-44-35)23-17-11-5-2-8-14-20-29-26-38-29/h28-35H,1-27H2. The van der Waals surface area contributed by atoms with E-state index in [0.29, 0.717) is 18.3 Å². The maximum Gasteiger partial charge on any atom is 0.196 e. The lowest BCUT2D eigenvalue weighted by Crippen LogP contribution is -2.79. The molecule has 6 rings (SSSR count). The second kappa shape index (κ2) is 18.4. The van der Waals surface area contributed by atoms with Crippen molar-refractivity contribution in [2.24, 2.45) is 0 Å². The van der Waals surface area contributed by atoms with Crippen molar-refractivity contribution in [1.29, 1.82) is 0 Å². The molecule has 0 aromatic heterocycles. The Kier molecular flexibility index (Phi) is 14.1. The van der Waals surface area contributed by atoms with E-state index in [1.165, 1.54) is 116 Å². The first kappa shape index (κ1) is 34.5. The molecule has 8 unspecified atom stereocenters. The van der Waals surface area contributed by atoms with Gasteiger partial charge in [0, 0.05) is 0 Å². The van der Waals surface area contributed by atoms with E-state index in [1.807, 2.05) is 0 Å². The molecule has 8 atom stereocenters. The summed E-state index contributed by atoms with van der Waals surface area (Å²) in [5.74, 6) is 0. The van der Waals surface area contributed by atoms with Crippen LogP contribution in [0.2, 0.25) is 0 Å². The SMILES string of the molecule is C(CCCCC1OOC1C1(C2OOC2CCCCCCCCC2CO2)OOC1CCCCCCCCC1CO1)CCCC1CO1. The molecule has 0 saturated carbocycles. The van der Waals surface area contributed by atoms with Crippen LogP contribution in [-0.2, 0) is 43.5 Å².